The predicted octanol–water partition coefficient (Wildman–Crippen LogP) is 2.26. The number of carboxylic acids is 1. The molecule has 0 spiro atoms. The number of hydrogen-bond donors (Lipinski definition) is 1. The molecule has 2 aliphatic heterocycles. The summed E-state index contributed by atoms with van der Waals surface area (Å²) in [6, 6.07) is 1.65. The van der Waals surface area contributed by atoms with Crippen molar-refractivity contribution in [2.24, 2.45) is 0 Å². The molecule has 3 heteroatoms. The number of aliphatic carboxylic acids is 1. The minimum atomic E-state index is -0.656. The van der Waals surface area contributed by atoms with E-state index in [0.717, 1.165) is 31.5 Å². The lowest BCUT2D eigenvalue weighted by Crippen LogP contribution is -2.40. The first-order chi connectivity index (χ1) is 7.27. The Morgan fingerprint density at radius 3 is 2.40 bits per heavy atom. The summed E-state index contributed by atoms with van der Waals surface area (Å²) in [7, 11) is 0. The van der Waals surface area contributed by atoms with Gasteiger partial charge in [-0.05, 0) is 45.1 Å². The van der Waals surface area contributed by atoms with Gasteiger partial charge in [0.05, 0.1) is 0 Å². The first kappa shape index (κ1) is 10.9. The van der Waals surface area contributed by atoms with E-state index in [0.29, 0.717) is 6.42 Å². The second-order valence-electron chi connectivity index (χ2n) is 4.90. The van der Waals surface area contributed by atoms with Crippen LogP contribution in [-0.4, -0.2) is 34.6 Å². The maximum atomic E-state index is 10.4. The Balaban J connectivity index is 1.68. The number of nitrogens with zero attached hydrogens (tertiary/aromatic N) is 1. The third kappa shape index (κ3) is 2.71. The van der Waals surface area contributed by atoms with Gasteiger partial charge < -0.3 is 5.11 Å². The van der Waals surface area contributed by atoms with Gasteiger partial charge in [-0.3, -0.25) is 9.69 Å². The van der Waals surface area contributed by atoms with E-state index in [1.54, 1.807) is 0 Å². The molecule has 2 heterocycles. The first-order valence-electron chi connectivity index (χ1n) is 6.25. The van der Waals surface area contributed by atoms with E-state index < -0.39 is 5.97 Å². The summed E-state index contributed by atoms with van der Waals surface area (Å²) in [5.41, 5.74) is 0. The molecular formula is C12H21NO2. The van der Waals surface area contributed by atoms with E-state index in [2.05, 4.69) is 4.90 Å². The average molecular weight is 211 g/mol. The van der Waals surface area contributed by atoms with Crippen LogP contribution in [0.25, 0.3) is 0 Å². The lowest BCUT2D eigenvalue weighted by Gasteiger charge is -2.34. The molecule has 3 nitrogen and oxygen atoms in total. The SMILES string of the molecule is O=C(O)CCCCN1C2CCCC1CC2. The predicted molar refractivity (Wildman–Crippen MR) is 58.9 cm³/mol. The van der Waals surface area contributed by atoms with Gasteiger partial charge in [0.15, 0.2) is 0 Å². The van der Waals surface area contributed by atoms with Crippen LogP contribution in [0.2, 0.25) is 0 Å². The largest absolute Gasteiger partial charge is 0.481 e. The zero-order valence-electron chi connectivity index (χ0n) is 9.32. The van der Waals surface area contributed by atoms with E-state index in [-0.39, 0.29) is 0 Å². The molecular weight excluding hydrogens is 190 g/mol. The molecule has 86 valence electrons. The summed E-state index contributed by atoms with van der Waals surface area (Å²) in [6.07, 6.45) is 9.13. The monoisotopic (exact) mass is 211 g/mol. The van der Waals surface area contributed by atoms with E-state index in [1.165, 1.54) is 32.1 Å². The van der Waals surface area contributed by atoms with Crippen LogP contribution < -0.4 is 0 Å². The van der Waals surface area contributed by atoms with Crippen molar-refractivity contribution >= 4 is 5.97 Å². The summed E-state index contributed by atoms with van der Waals surface area (Å²) >= 11 is 0. The van der Waals surface area contributed by atoms with Crippen LogP contribution in [0.5, 0.6) is 0 Å². The molecule has 2 bridgehead atoms. The van der Waals surface area contributed by atoms with Crippen molar-refractivity contribution in [3.63, 3.8) is 0 Å². The summed E-state index contributed by atoms with van der Waals surface area (Å²) in [5.74, 6) is -0.656. The standard InChI is InChI=1S/C12H21NO2/c14-12(15)6-1-2-9-13-10-4-3-5-11(13)8-7-10/h10-11H,1-9H2,(H,14,15). The van der Waals surface area contributed by atoms with Crippen LogP contribution in [0.4, 0.5) is 0 Å². The zero-order chi connectivity index (χ0) is 10.7. The molecule has 0 saturated carbocycles. The Hall–Kier alpha value is -0.570. The zero-order valence-corrected chi connectivity index (χ0v) is 9.32. The quantitative estimate of drug-likeness (QED) is 0.709. The molecule has 15 heavy (non-hydrogen) atoms. The van der Waals surface area contributed by atoms with E-state index in [4.69, 9.17) is 5.11 Å². The Kier molecular flexibility index (Phi) is 3.62. The van der Waals surface area contributed by atoms with E-state index in [9.17, 15) is 4.79 Å². The van der Waals surface area contributed by atoms with Crippen molar-refractivity contribution in [2.75, 3.05) is 6.54 Å². The van der Waals surface area contributed by atoms with Crippen molar-refractivity contribution in [3.05, 3.63) is 0 Å². The smallest absolute Gasteiger partial charge is 0.303 e. The summed E-state index contributed by atoms with van der Waals surface area (Å²) < 4.78 is 0. The van der Waals surface area contributed by atoms with Gasteiger partial charge in [-0.2, -0.15) is 0 Å². The molecule has 2 rings (SSSR count). The molecule has 2 fully saturated rings. The molecule has 2 aliphatic rings. The van der Waals surface area contributed by atoms with Gasteiger partial charge in [0.25, 0.3) is 0 Å². The van der Waals surface area contributed by atoms with Crippen LogP contribution in [0.3, 0.4) is 0 Å². The van der Waals surface area contributed by atoms with Gasteiger partial charge in [-0.15, -0.1) is 0 Å². The fourth-order valence-electron chi connectivity index (χ4n) is 3.16. The number of unbranched alkanes of at least 4 members (excludes halogenated alkanes) is 1. The third-order valence-corrected chi connectivity index (χ3v) is 3.90. The van der Waals surface area contributed by atoms with Crippen LogP contribution in [0.1, 0.15) is 51.4 Å². The van der Waals surface area contributed by atoms with Gasteiger partial charge in [0.1, 0.15) is 0 Å². The molecule has 2 unspecified atom stereocenters. The van der Waals surface area contributed by atoms with Crippen molar-refractivity contribution in [3.8, 4) is 0 Å². The van der Waals surface area contributed by atoms with Gasteiger partial charge in [0, 0.05) is 18.5 Å². The lowest BCUT2D eigenvalue weighted by atomic mass is 10.0. The van der Waals surface area contributed by atoms with Crippen LogP contribution >= 0.6 is 0 Å². The fraction of sp³-hybridized carbons (Fsp3) is 0.917. The second-order valence-corrected chi connectivity index (χ2v) is 4.90. The molecule has 0 amide bonds. The Morgan fingerprint density at radius 1 is 1.13 bits per heavy atom. The van der Waals surface area contributed by atoms with Crippen molar-refractivity contribution in [1.82, 2.24) is 4.90 Å². The highest BCUT2D eigenvalue weighted by atomic mass is 16.4. The highest BCUT2D eigenvalue weighted by molar-refractivity contribution is 5.66. The molecule has 1 N–H and O–H groups in total. The molecule has 2 atom stereocenters. The van der Waals surface area contributed by atoms with Gasteiger partial charge in [-0.1, -0.05) is 6.42 Å². The number of carboxylic acid groups (broad SMARTS) is 1. The molecule has 0 aliphatic carbocycles. The number of piperidine rings is 1. The van der Waals surface area contributed by atoms with Crippen molar-refractivity contribution in [2.45, 2.75) is 63.5 Å². The first-order valence-corrected chi connectivity index (χ1v) is 6.25. The molecule has 0 aromatic carbocycles. The Morgan fingerprint density at radius 2 is 1.80 bits per heavy atom. The molecule has 2 saturated heterocycles. The maximum Gasteiger partial charge on any atom is 0.303 e. The van der Waals surface area contributed by atoms with Crippen molar-refractivity contribution < 1.29 is 9.90 Å². The van der Waals surface area contributed by atoms with Crippen LogP contribution in [0.15, 0.2) is 0 Å². The fourth-order valence-corrected chi connectivity index (χ4v) is 3.16. The average Bonchev–Trinajstić information content (AvgIpc) is 2.45. The van der Waals surface area contributed by atoms with Gasteiger partial charge >= 0.3 is 5.97 Å². The van der Waals surface area contributed by atoms with E-state index >= 15 is 0 Å². The van der Waals surface area contributed by atoms with Crippen LogP contribution in [-0.2, 0) is 4.79 Å². The lowest BCUT2D eigenvalue weighted by molar-refractivity contribution is -0.137. The minimum Gasteiger partial charge on any atom is -0.481 e. The summed E-state index contributed by atoms with van der Waals surface area (Å²) in [4.78, 5) is 13.0. The minimum absolute atomic E-state index is 0.336. The highest BCUT2D eigenvalue weighted by Crippen LogP contribution is 2.35. The normalized spacial score (nSPS) is 30.7. The number of fused-ring (bicyclic) bond motifs is 2. The molecule has 0 radical (unpaired) electrons. The van der Waals surface area contributed by atoms with E-state index in [1.807, 2.05) is 0 Å². The maximum absolute atomic E-state index is 10.4. The Labute approximate surface area is 91.5 Å². The summed E-state index contributed by atoms with van der Waals surface area (Å²) in [6.45, 7) is 1.13. The van der Waals surface area contributed by atoms with Crippen LogP contribution in [0, 0.1) is 0 Å². The second kappa shape index (κ2) is 4.97. The Bertz CT molecular complexity index is 214. The number of rotatable bonds is 5. The summed E-state index contributed by atoms with van der Waals surface area (Å²) in [5, 5.41) is 8.55. The van der Waals surface area contributed by atoms with Gasteiger partial charge in [-0.25, -0.2) is 0 Å². The highest BCUT2D eigenvalue weighted by Gasteiger charge is 2.35. The molecule has 0 aromatic heterocycles. The number of carbonyl (C=O) groups is 1. The topological polar surface area (TPSA) is 40.5 Å². The van der Waals surface area contributed by atoms with Gasteiger partial charge in [0.2, 0.25) is 0 Å². The van der Waals surface area contributed by atoms with Crippen molar-refractivity contribution in [1.29, 1.82) is 0 Å². The molecule has 0 aromatic rings. The number of hydrogen-bond acceptors (Lipinski definition) is 2. The third-order valence-electron chi connectivity index (χ3n) is 3.90.